The number of hydrogen-bond acceptors (Lipinski definition) is 3. The van der Waals surface area contributed by atoms with Crippen LogP contribution in [0.15, 0.2) is 24.3 Å². The Balaban J connectivity index is 2.18. The Labute approximate surface area is 107 Å². The third-order valence-corrected chi connectivity index (χ3v) is 3.22. The maximum Gasteiger partial charge on any atom is 0.254 e. The second-order valence-electron chi connectivity index (χ2n) is 4.50. The fourth-order valence-electron chi connectivity index (χ4n) is 2.22. The first-order valence-electron chi connectivity index (χ1n) is 6.17. The Morgan fingerprint density at radius 3 is 3.00 bits per heavy atom. The van der Waals surface area contributed by atoms with Crippen LogP contribution >= 0.6 is 0 Å². The lowest BCUT2D eigenvalue weighted by Gasteiger charge is -2.35. The number of rotatable bonds is 3. The van der Waals surface area contributed by atoms with E-state index >= 15 is 0 Å². The quantitative estimate of drug-likeness (QED) is 0.814. The van der Waals surface area contributed by atoms with Crippen LogP contribution < -0.4 is 0 Å². The van der Waals surface area contributed by atoms with E-state index in [1.54, 1.807) is 7.11 Å². The molecule has 0 aliphatic carbocycles. The summed E-state index contributed by atoms with van der Waals surface area (Å²) in [5.41, 5.74) is 1.77. The number of carbonyl (C=O) groups is 1. The Morgan fingerprint density at radius 1 is 1.50 bits per heavy atom. The van der Waals surface area contributed by atoms with Crippen molar-refractivity contribution in [1.29, 1.82) is 0 Å². The van der Waals surface area contributed by atoms with Crippen LogP contribution in [0.3, 0.4) is 0 Å². The van der Waals surface area contributed by atoms with E-state index in [1.165, 1.54) is 0 Å². The van der Waals surface area contributed by atoms with Crippen molar-refractivity contribution in [3.05, 3.63) is 35.4 Å². The summed E-state index contributed by atoms with van der Waals surface area (Å²) in [6.07, 6.45) is 0. The summed E-state index contributed by atoms with van der Waals surface area (Å²) in [7, 11) is 1.64. The maximum atomic E-state index is 12.5. The molecule has 1 aromatic rings. The van der Waals surface area contributed by atoms with Crippen molar-refractivity contribution in [2.24, 2.45) is 0 Å². The highest BCUT2D eigenvalue weighted by Gasteiger charge is 2.28. The predicted octanol–water partition coefficient (Wildman–Crippen LogP) is 1.48. The van der Waals surface area contributed by atoms with Crippen LogP contribution in [-0.2, 0) is 9.47 Å². The molecule has 1 fully saturated rings. The third kappa shape index (κ3) is 2.71. The van der Waals surface area contributed by atoms with Crippen LogP contribution in [0.5, 0.6) is 0 Å². The van der Waals surface area contributed by atoms with Gasteiger partial charge < -0.3 is 14.4 Å². The fraction of sp³-hybridized carbons (Fsp3) is 0.500. The van der Waals surface area contributed by atoms with Crippen LogP contribution in [-0.4, -0.2) is 50.3 Å². The summed E-state index contributed by atoms with van der Waals surface area (Å²) in [6, 6.07) is 7.68. The van der Waals surface area contributed by atoms with Crippen LogP contribution in [0.25, 0.3) is 0 Å². The van der Waals surface area contributed by atoms with Crippen molar-refractivity contribution in [1.82, 2.24) is 4.90 Å². The number of morpholine rings is 1. The second-order valence-corrected chi connectivity index (χ2v) is 4.50. The van der Waals surface area contributed by atoms with Crippen molar-refractivity contribution in [3.63, 3.8) is 0 Å². The molecule has 1 saturated heterocycles. The topological polar surface area (TPSA) is 38.8 Å². The molecular formula is C14H19NO3. The number of carbonyl (C=O) groups excluding carboxylic acids is 1. The highest BCUT2D eigenvalue weighted by molar-refractivity contribution is 5.95. The lowest BCUT2D eigenvalue weighted by Crippen LogP contribution is -2.50. The SMILES string of the molecule is COCC1COCCN1C(=O)c1ccccc1C. The van der Waals surface area contributed by atoms with Gasteiger partial charge in [0.25, 0.3) is 5.91 Å². The average molecular weight is 249 g/mol. The first-order valence-corrected chi connectivity index (χ1v) is 6.17. The molecule has 4 heteroatoms. The molecule has 0 aromatic heterocycles. The van der Waals surface area contributed by atoms with Crippen molar-refractivity contribution in [2.75, 3.05) is 33.5 Å². The molecule has 0 saturated carbocycles. The minimum Gasteiger partial charge on any atom is -0.382 e. The molecule has 1 aliphatic heterocycles. The van der Waals surface area contributed by atoms with Gasteiger partial charge in [0.2, 0.25) is 0 Å². The Hall–Kier alpha value is -1.39. The molecule has 0 radical (unpaired) electrons. The molecule has 1 unspecified atom stereocenters. The molecule has 1 amide bonds. The van der Waals surface area contributed by atoms with Gasteiger partial charge in [-0.05, 0) is 18.6 Å². The van der Waals surface area contributed by atoms with E-state index in [9.17, 15) is 4.79 Å². The van der Waals surface area contributed by atoms with E-state index in [0.29, 0.717) is 26.4 Å². The molecule has 0 bridgehead atoms. The first-order chi connectivity index (χ1) is 8.74. The van der Waals surface area contributed by atoms with Gasteiger partial charge in [-0.15, -0.1) is 0 Å². The summed E-state index contributed by atoms with van der Waals surface area (Å²) in [6.45, 7) is 4.24. The lowest BCUT2D eigenvalue weighted by atomic mass is 10.1. The van der Waals surface area contributed by atoms with E-state index in [0.717, 1.165) is 11.1 Å². The first kappa shape index (κ1) is 13.1. The summed E-state index contributed by atoms with van der Waals surface area (Å²) in [5, 5.41) is 0. The molecule has 4 nitrogen and oxygen atoms in total. The fourth-order valence-corrected chi connectivity index (χ4v) is 2.22. The molecule has 1 aromatic carbocycles. The Bertz CT molecular complexity index is 417. The van der Waals surface area contributed by atoms with E-state index in [-0.39, 0.29) is 11.9 Å². The number of aryl methyl sites for hydroxylation is 1. The van der Waals surface area contributed by atoms with Crippen molar-refractivity contribution < 1.29 is 14.3 Å². The largest absolute Gasteiger partial charge is 0.382 e. The third-order valence-electron chi connectivity index (χ3n) is 3.22. The molecule has 1 atom stereocenters. The van der Waals surface area contributed by atoms with Gasteiger partial charge in [0.15, 0.2) is 0 Å². The monoisotopic (exact) mass is 249 g/mol. The Kier molecular flexibility index (Phi) is 4.33. The second kappa shape index (κ2) is 5.98. The number of ether oxygens (including phenoxy) is 2. The van der Waals surface area contributed by atoms with E-state index in [1.807, 2.05) is 36.1 Å². The predicted molar refractivity (Wildman–Crippen MR) is 68.7 cm³/mol. The molecular weight excluding hydrogens is 230 g/mol. The van der Waals surface area contributed by atoms with Gasteiger partial charge in [0, 0.05) is 19.2 Å². The van der Waals surface area contributed by atoms with Crippen LogP contribution in [0.1, 0.15) is 15.9 Å². The van der Waals surface area contributed by atoms with Gasteiger partial charge in [-0.2, -0.15) is 0 Å². The molecule has 2 rings (SSSR count). The molecule has 18 heavy (non-hydrogen) atoms. The number of methoxy groups -OCH3 is 1. The molecule has 98 valence electrons. The number of amides is 1. The van der Waals surface area contributed by atoms with Crippen LogP contribution in [0.2, 0.25) is 0 Å². The molecule has 1 heterocycles. The highest BCUT2D eigenvalue weighted by atomic mass is 16.5. The zero-order chi connectivity index (χ0) is 13.0. The molecule has 1 aliphatic rings. The van der Waals surface area contributed by atoms with Crippen LogP contribution in [0.4, 0.5) is 0 Å². The van der Waals surface area contributed by atoms with Gasteiger partial charge >= 0.3 is 0 Å². The number of benzene rings is 1. The molecule has 0 spiro atoms. The normalized spacial score (nSPS) is 19.9. The van der Waals surface area contributed by atoms with Crippen molar-refractivity contribution in [2.45, 2.75) is 13.0 Å². The summed E-state index contributed by atoms with van der Waals surface area (Å²) in [5.74, 6) is 0.0680. The summed E-state index contributed by atoms with van der Waals surface area (Å²) < 4.78 is 10.6. The minimum atomic E-state index is 0.0101. The maximum absolute atomic E-state index is 12.5. The zero-order valence-electron chi connectivity index (χ0n) is 10.9. The summed E-state index contributed by atoms with van der Waals surface area (Å²) >= 11 is 0. The average Bonchev–Trinajstić information content (AvgIpc) is 2.40. The standard InChI is InChI=1S/C14H19NO3/c1-11-5-3-4-6-13(11)14(16)15-7-8-18-10-12(15)9-17-2/h3-6,12H,7-10H2,1-2H3. The van der Waals surface area contributed by atoms with Crippen LogP contribution in [0, 0.1) is 6.92 Å². The van der Waals surface area contributed by atoms with Crippen molar-refractivity contribution in [3.8, 4) is 0 Å². The number of hydrogen-bond donors (Lipinski definition) is 0. The van der Waals surface area contributed by atoms with Gasteiger partial charge in [-0.1, -0.05) is 18.2 Å². The summed E-state index contributed by atoms with van der Waals surface area (Å²) in [4.78, 5) is 14.4. The van der Waals surface area contributed by atoms with Gasteiger partial charge in [0.05, 0.1) is 25.9 Å². The van der Waals surface area contributed by atoms with Gasteiger partial charge in [0.1, 0.15) is 0 Å². The van der Waals surface area contributed by atoms with Gasteiger partial charge in [-0.25, -0.2) is 0 Å². The van der Waals surface area contributed by atoms with Crippen molar-refractivity contribution >= 4 is 5.91 Å². The highest BCUT2D eigenvalue weighted by Crippen LogP contribution is 2.15. The van der Waals surface area contributed by atoms with E-state index in [4.69, 9.17) is 9.47 Å². The molecule has 0 N–H and O–H groups in total. The smallest absolute Gasteiger partial charge is 0.254 e. The Morgan fingerprint density at radius 2 is 2.28 bits per heavy atom. The van der Waals surface area contributed by atoms with Gasteiger partial charge in [-0.3, -0.25) is 4.79 Å². The number of nitrogens with zero attached hydrogens (tertiary/aromatic N) is 1. The van der Waals surface area contributed by atoms with E-state index < -0.39 is 0 Å². The lowest BCUT2D eigenvalue weighted by molar-refractivity contribution is -0.0252. The minimum absolute atomic E-state index is 0.0101. The van der Waals surface area contributed by atoms with E-state index in [2.05, 4.69) is 0 Å². The zero-order valence-corrected chi connectivity index (χ0v) is 10.9.